The predicted octanol–water partition coefficient (Wildman–Crippen LogP) is 3.81. The van der Waals surface area contributed by atoms with Crippen LogP contribution in [0.15, 0.2) is 47.4 Å². The van der Waals surface area contributed by atoms with Gasteiger partial charge in [0.05, 0.1) is 0 Å². The molecule has 0 fully saturated rings. The third-order valence-corrected chi connectivity index (χ3v) is 3.44. The van der Waals surface area contributed by atoms with E-state index in [1.54, 1.807) is 30.3 Å². The van der Waals surface area contributed by atoms with E-state index in [2.05, 4.69) is 0 Å². The zero-order valence-electron chi connectivity index (χ0n) is 9.64. The Kier molecular flexibility index (Phi) is 4.82. The van der Waals surface area contributed by atoms with Crippen LogP contribution < -0.4 is 4.74 Å². The largest absolute Gasteiger partial charge is 0.768 e. The summed E-state index contributed by atoms with van der Waals surface area (Å²) in [7, 11) is 0. The monoisotopic (exact) mass is 315 g/mol. The molecule has 0 heterocycles. The average molecular weight is 316 g/mol. The molecular formula is C13H9Cl2O3S-. The van der Waals surface area contributed by atoms with Crippen molar-refractivity contribution in [3.05, 3.63) is 58.1 Å². The molecule has 1 atom stereocenters. The smallest absolute Gasteiger partial charge is 0.119 e. The van der Waals surface area contributed by atoms with Crippen molar-refractivity contribution in [2.24, 2.45) is 0 Å². The van der Waals surface area contributed by atoms with Gasteiger partial charge in [-0.1, -0.05) is 23.2 Å². The Hall–Kier alpha value is -1.07. The van der Waals surface area contributed by atoms with Crippen LogP contribution in [0, 0.1) is 0 Å². The van der Waals surface area contributed by atoms with Crippen molar-refractivity contribution in [3.63, 3.8) is 0 Å². The molecule has 0 saturated heterocycles. The van der Waals surface area contributed by atoms with E-state index in [0.29, 0.717) is 22.4 Å². The van der Waals surface area contributed by atoms with E-state index in [0.717, 1.165) is 5.56 Å². The summed E-state index contributed by atoms with van der Waals surface area (Å²) in [6, 6.07) is 11.3. The number of hydrogen-bond donors (Lipinski definition) is 0. The van der Waals surface area contributed by atoms with Crippen molar-refractivity contribution in [2.75, 3.05) is 0 Å². The van der Waals surface area contributed by atoms with Crippen LogP contribution in [0.2, 0.25) is 10.0 Å². The van der Waals surface area contributed by atoms with Gasteiger partial charge in [-0.15, -0.1) is 0 Å². The van der Waals surface area contributed by atoms with Crippen LogP contribution in [0.25, 0.3) is 0 Å². The molecule has 0 aliphatic carbocycles. The van der Waals surface area contributed by atoms with Gasteiger partial charge in [-0.3, -0.25) is 4.21 Å². The first kappa shape index (κ1) is 14.3. The first-order valence-electron chi connectivity index (χ1n) is 5.32. The minimum absolute atomic E-state index is 0.221. The molecule has 0 radical (unpaired) electrons. The van der Waals surface area contributed by atoms with Crippen molar-refractivity contribution in [1.29, 1.82) is 0 Å². The molecule has 3 nitrogen and oxygen atoms in total. The maximum Gasteiger partial charge on any atom is 0.119 e. The lowest BCUT2D eigenvalue weighted by molar-refractivity contribution is 0.306. The van der Waals surface area contributed by atoms with Crippen molar-refractivity contribution < 1.29 is 13.5 Å². The second-order valence-electron chi connectivity index (χ2n) is 3.77. The normalized spacial score (nSPS) is 12.2. The van der Waals surface area contributed by atoms with Crippen molar-refractivity contribution in [3.8, 4) is 5.75 Å². The molecule has 0 N–H and O–H groups in total. The summed E-state index contributed by atoms with van der Waals surface area (Å²) in [5.41, 5.74) is 0.842. The van der Waals surface area contributed by atoms with Gasteiger partial charge < -0.3 is 9.29 Å². The van der Waals surface area contributed by atoms with E-state index in [1.165, 1.54) is 12.1 Å². The van der Waals surface area contributed by atoms with Gasteiger partial charge in [0, 0.05) is 14.9 Å². The molecule has 0 aliphatic heterocycles. The Morgan fingerprint density at radius 3 is 2.16 bits per heavy atom. The topological polar surface area (TPSA) is 49.4 Å². The van der Waals surface area contributed by atoms with E-state index in [9.17, 15) is 8.76 Å². The van der Waals surface area contributed by atoms with Crippen LogP contribution in [0.4, 0.5) is 0 Å². The molecule has 0 aliphatic rings. The summed E-state index contributed by atoms with van der Waals surface area (Å²) in [4.78, 5) is 0.221. The van der Waals surface area contributed by atoms with Crippen LogP contribution in [0.1, 0.15) is 5.56 Å². The zero-order valence-corrected chi connectivity index (χ0v) is 12.0. The van der Waals surface area contributed by atoms with Crippen LogP contribution >= 0.6 is 23.2 Å². The zero-order chi connectivity index (χ0) is 13.8. The lowest BCUT2D eigenvalue weighted by Gasteiger charge is -2.09. The number of ether oxygens (including phenoxy) is 1. The minimum Gasteiger partial charge on any atom is -0.768 e. The fourth-order valence-electron chi connectivity index (χ4n) is 1.51. The lowest BCUT2D eigenvalue weighted by atomic mass is 10.2. The Bertz CT molecular complexity index is 579. The molecule has 0 amide bonds. The van der Waals surface area contributed by atoms with Crippen LogP contribution in [-0.2, 0) is 17.7 Å². The maximum absolute atomic E-state index is 10.7. The van der Waals surface area contributed by atoms with Gasteiger partial charge in [0.15, 0.2) is 0 Å². The van der Waals surface area contributed by atoms with Crippen LogP contribution in [0.5, 0.6) is 5.75 Å². The van der Waals surface area contributed by atoms with Gasteiger partial charge in [-0.25, -0.2) is 0 Å². The second-order valence-corrected chi connectivity index (χ2v) is 5.59. The number of rotatable bonds is 4. The molecule has 100 valence electrons. The molecule has 2 rings (SSSR count). The van der Waals surface area contributed by atoms with Crippen LogP contribution in [-0.4, -0.2) is 8.76 Å². The first-order valence-corrected chi connectivity index (χ1v) is 7.15. The molecule has 2 aromatic rings. The maximum atomic E-state index is 10.7. The molecular weight excluding hydrogens is 307 g/mol. The fraction of sp³-hybridized carbons (Fsp3) is 0.0769. The molecule has 0 spiro atoms. The highest BCUT2D eigenvalue weighted by Gasteiger charge is 2.00. The van der Waals surface area contributed by atoms with E-state index >= 15 is 0 Å². The van der Waals surface area contributed by atoms with Gasteiger partial charge >= 0.3 is 0 Å². The van der Waals surface area contributed by atoms with E-state index in [-0.39, 0.29) is 4.90 Å². The number of hydrogen-bond acceptors (Lipinski definition) is 3. The molecule has 1 unspecified atom stereocenters. The third kappa shape index (κ3) is 4.21. The lowest BCUT2D eigenvalue weighted by Crippen LogP contribution is -1.96. The fourth-order valence-corrected chi connectivity index (χ4v) is 2.44. The van der Waals surface area contributed by atoms with E-state index in [4.69, 9.17) is 27.9 Å². The molecule has 19 heavy (non-hydrogen) atoms. The third-order valence-electron chi connectivity index (χ3n) is 2.34. The summed E-state index contributed by atoms with van der Waals surface area (Å²) in [5, 5.41) is 1.09. The Labute approximate surface area is 123 Å². The summed E-state index contributed by atoms with van der Waals surface area (Å²) >= 11 is 9.53. The van der Waals surface area contributed by atoms with Crippen molar-refractivity contribution >= 4 is 34.3 Å². The van der Waals surface area contributed by atoms with Gasteiger partial charge in [0.2, 0.25) is 0 Å². The number of halogens is 2. The molecule has 0 saturated carbocycles. The first-order chi connectivity index (χ1) is 9.04. The van der Waals surface area contributed by atoms with E-state index in [1.807, 2.05) is 0 Å². The highest BCUT2D eigenvalue weighted by atomic mass is 35.5. The van der Waals surface area contributed by atoms with E-state index < -0.39 is 11.1 Å². The highest BCUT2D eigenvalue weighted by Crippen LogP contribution is 2.21. The Morgan fingerprint density at radius 2 is 1.63 bits per heavy atom. The van der Waals surface area contributed by atoms with Crippen LogP contribution in [0.3, 0.4) is 0 Å². The number of benzene rings is 2. The summed E-state index contributed by atoms with van der Waals surface area (Å²) in [6.07, 6.45) is 0. The Balaban J connectivity index is 2.03. The van der Waals surface area contributed by atoms with Crippen molar-refractivity contribution in [2.45, 2.75) is 11.5 Å². The second kappa shape index (κ2) is 6.39. The summed E-state index contributed by atoms with van der Waals surface area (Å²) in [6.45, 7) is 0.306. The highest BCUT2D eigenvalue weighted by molar-refractivity contribution is 7.79. The van der Waals surface area contributed by atoms with Gasteiger partial charge in [0.25, 0.3) is 0 Å². The van der Waals surface area contributed by atoms with Gasteiger partial charge in [-0.05, 0) is 59.1 Å². The van der Waals surface area contributed by atoms with Crippen molar-refractivity contribution in [1.82, 2.24) is 0 Å². The Morgan fingerprint density at radius 1 is 1.05 bits per heavy atom. The van der Waals surface area contributed by atoms with Gasteiger partial charge in [-0.2, -0.15) is 0 Å². The molecule has 0 aromatic heterocycles. The van der Waals surface area contributed by atoms with Gasteiger partial charge in [0.1, 0.15) is 12.4 Å². The SMILES string of the molecule is O=S([O-])c1ccc(OCc2cc(Cl)cc(Cl)c2)cc1. The summed E-state index contributed by atoms with van der Waals surface area (Å²) < 4.78 is 26.9. The average Bonchev–Trinajstić information content (AvgIpc) is 2.36. The molecule has 2 aromatic carbocycles. The summed E-state index contributed by atoms with van der Waals surface area (Å²) in [5.74, 6) is 0.574. The minimum atomic E-state index is -2.22. The molecule has 6 heteroatoms. The quantitative estimate of drug-likeness (QED) is 0.806. The standard InChI is InChI=1S/C13H10Cl2O3S/c14-10-5-9(6-11(15)7-10)8-18-12-1-3-13(4-2-12)19(16)17/h1-7H,8H2,(H,16,17)/p-1. The predicted molar refractivity (Wildman–Crippen MR) is 74.4 cm³/mol. The molecule has 0 bridgehead atoms.